The van der Waals surface area contributed by atoms with Gasteiger partial charge in [-0.25, -0.2) is 0 Å². The van der Waals surface area contributed by atoms with E-state index in [9.17, 15) is 0 Å². The zero-order chi connectivity index (χ0) is 7.40. The van der Waals surface area contributed by atoms with Gasteiger partial charge in [-0.15, -0.1) is 23.1 Å². The number of thioether (sulfide) groups is 1. The van der Waals surface area contributed by atoms with Gasteiger partial charge in [-0.2, -0.15) is 5.26 Å². The molecule has 3 heteroatoms. The maximum absolute atomic E-state index is 8.47. The molecule has 0 spiro atoms. The second kappa shape index (κ2) is 3.65. The van der Waals surface area contributed by atoms with Crippen LogP contribution in [0.3, 0.4) is 0 Å². The summed E-state index contributed by atoms with van der Waals surface area (Å²) in [5.74, 6) is 1.07. The lowest BCUT2D eigenvalue weighted by Gasteiger charge is -1.86. The predicted octanol–water partition coefficient (Wildman–Crippen LogP) is 2.73. The van der Waals surface area contributed by atoms with E-state index >= 15 is 0 Å². The number of thiophene rings is 1. The molecule has 1 heterocycles. The largest absolute Gasteiger partial charge is 0.192 e. The zero-order valence-corrected chi connectivity index (χ0v) is 7.26. The third-order valence-electron chi connectivity index (χ3n) is 0.978. The molecule has 0 saturated carbocycles. The summed E-state index contributed by atoms with van der Waals surface area (Å²) in [6.07, 6.45) is 0. The first-order valence-corrected chi connectivity index (χ1v) is 4.79. The Morgan fingerprint density at radius 1 is 1.70 bits per heavy atom. The molecule has 0 unspecified atom stereocenters. The molecule has 0 saturated heterocycles. The summed E-state index contributed by atoms with van der Waals surface area (Å²) in [5, 5.41) is 8.47. The Hall–Kier alpha value is -0.460. The zero-order valence-electron chi connectivity index (χ0n) is 5.63. The molecule has 10 heavy (non-hydrogen) atoms. The van der Waals surface area contributed by atoms with Crippen LogP contribution in [0.2, 0.25) is 0 Å². The van der Waals surface area contributed by atoms with Crippen LogP contribution in [-0.4, -0.2) is 5.75 Å². The molecule has 0 N–H and O–H groups in total. The molecule has 0 aromatic carbocycles. The van der Waals surface area contributed by atoms with Gasteiger partial charge in [0.2, 0.25) is 0 Å². The van der Waals surface area contributed by atoms with E-state index in [-0.39, 0.29) is 0 Å². The van der Waals surface area contributed by atoms with E-state index in [2.05, 4.69) is 13.0 Å². The van der Waals surface area contributed by atoms with Gasteiger partial charge in [0.1, 0.15) is 10.9 Å². The lowest BCUT2D eigenvalue weighted by molar-refractivity contribution is 1.51. The second-order valence-corrected chi connectivity index (χ2v) is 4.31. The van der Waals surface area contributed by atoms with Crippen molar-refractivity contribution < 1.29 is 0 Å². The minimum absolute atomic E-state index is 0.802. The van der Waals surface area contributed by atoms with Crippen molar-refractivity contribution in [1.29, 1.82) is 5.26 Å². The van der Waals surface area contributed by atoms with Crippen LogP contribution in [0.25, 0.3) is 0 Å². The van der Waals surface area contributed by atoms with E-state index < -0.39 is 0 Å². The quantitative estimate of drug-likeness (QED) is 0.636. The van der Waals surface area contributed by atoms with Crippen molar-refractivity contribution in [2.75, 3.05) is 5.75 Å². The van der Waals surface area contributed by atoms with Gasteiger partial charge in [0.15, 0.2) is 0 Å². The van der Waals surface area contributed by atoms with Crippen LogP contribution in [0.5, 0.6) is 0 Å². The van der Waals surface area contributed by atoms with Crippen LogP contribution in [0.1, 0.15) is 11.8 Å². The van der Waals surface area contributed by atoms with E-state index in [1.54, 1.807) is 23.1 Å². The maximum Gasteiger partial charge on any atom is 0.110 e. The molecule has 0 aliphatic rings. The minimum atomic E-state index is 0.802. The highest BCUT2D eigenvalue weighted by Gasteiger charge is 1.96. The lowest BCUT2D eigenvalue weighted by Crippen LogP contribution is -1.60. The van der Waals surface area contributed by atoms with E-state index in [0.29, 0.717) is 0 Å². The molecule has 0 aliphatic heterocycles. The topological polar surface area (TPSA) is 23.8 Å². The fraction of sp³-hybridized carbons (Fsp3) is 0.286. The van der Waals surface area contributed by atoms with E-state index in [4.69, 9.17) is 5.26 Å². The third kappa shape index (κ3) is 1.76. The molecular formula is C7H7NS2. The molecule has 0 bridgehead atoms. The van der Waals surface area contributed by atoms with Crippen molar-refractivity contribution in [3.8, 4) is 6.07 Å². The Bertz CT molecular complexity index is 246. The average Bonchev–Trinajstić information content (AvgIpc) is 2.37. The monoisotopic (exact) mass is 169 g/mol. The first-order valence-electron chi connectivity index (χ1n) is 2.99. The summed E-state index contributed by atoms with van der Waals surface area (Å²) < 4.78 is 1.24. The molecule has 1 nitrogen and oxygen atoms in total. The Morgan fingerprint density at radius 3 is 3.00 bits per heavy atom. The van der Waals surface area contributed by atoms with E-state index in [1.807, 2.05) is 12.1 Å². The molecule has 0 radical (unpaired) electrons. The van der Waals surface area contributed by atoms with Crippen LogP contribution in [-0.2, 0) is 0 Å². The normalized spacial score (nSPS) is 9.20. The van der Waals surface area contributed by atoms with Crippen molar-refractivity contribution in [1.82, 2.24) is 0 Å². The minimum Gasteiger partial charge on any atom is -0.192 e. The van der Waals surface area contributed by atoms with Crippen molar-refractivity contribution in [2.24, 2.45) is 0 Å². The molecule has 0 aliphatic carbocycles. The first kappa shape index (κ1) is 7.64. The van der Waals surface area contributed by atoms with E-state index in [0.717, 1.165) is 10.6 Å². The SMILES string of the molecule is CCSc1ccc(C#N)s1. The molecule has 0 fully saturated rings. The molecule has 1 rings (SSSR count). The summed E-state index contributed by atoms with van der Waals surface area (Å²) in [6.45, 7) is 2.11. The van der Waals surface area contributed by atoms with E-state index in [1.165, 1.54) is 4.21 Å². The highest BCUT2D eigenvalue weighted by atomic mass is 32.2. The smallest absolute Gasteiger partial charge is 0.110 e. The van der Waals surface area contributed by atoms with Crippen molar-refractivity contribution in [3.05, 3.63) is 17.0 Å². The summed E-state index contributed by atoms with van der Waals surface area (Å²) >= 11 is 3.34. The number of hydrogen-bond donors (Lipinski definition) is 0. The predicted molar refractivity (Wildman–Crippen MR) is 45.4 cm³/mol. The highest BCUT2D eigenvalue weighted by molar-refractivity contribution is 8.01. The van der Waals surface area contributed by atoms with Crippen LogP contribution >= 0.6 is 23.1 Å². The Labute approximate surface area is 68.7 Å². The molecule has 52 valence electrons. The Balaban J connectivity index is 2.71. The molecule has 1 aromatic rings. The molecule has 0 atom stereocenters. The van der Waals surface area contributed by atoms with Crippen molar-refractivity contribution >= 4 is 23.1 Å². The highest BCUT2D eigenvalue weighted by Crippen LogP contribution is 2.26. The maximum atomic E-state index is 8.47. The number of hydrogen-bond acceptors (Lipinski definition) is 3. The molecular weight excluding hydrogens is 162 g/mol. The van der Waals surface area contributed by atoms with Gasteiger partial charge >= 0.3 is 0 Å². The summed E-state index contributed by atoms with van der Waals surface area (Å²) in [5.41, 5.74) is 0. The van der Waals surface area contributed by atoms with Gasteiger partial charge in [-0.05, 0) is 17.9 Å². The summed E-state index contributed by atoms with van der Waals surface area (Å²) in [7, 11) is 0. The number of rotatable bonds is 2. The van der Waals surface area contributed by atoms with Gasteiger partial charge < -0.3 is 0 Å². The number of nitrogens with zero attached hydrogens (tertiary/aromatic N) is 1. The lowest BCUT2D eigenvalue weighted by atomic mass is 10.5. The van der Waals surface area contributed by atoms with Crippen LogP contribution < -0.4 is 0 Å². The fourth-order valence-electron chi connectivity index (χ4n) is 0.600. The van der Waals surface area contributed by atoms with Gasteiger partial charge in [0.25, 0.3) is 0 Å². The first-order chi connectivity index (χ1) is 4.86. The Morgan fingerprint density at radius 2 is 2.50 bits per heavy atom. The standard InChI is InChI=1S/C7H7NS2/c1-2-9-7-4-3-6(5-8)10-7/h3-4H,2H2,1H3. The van der Waals surface area contributed by atoms with Crippen LogP contribution in [0, 0.1) is 11.3 Å². The van der Waals surface area contributed by atoms with Gasteiger partial charge in [0.05, 0.1) is 4.21 Å². The second-order valence-electron chi connectivity index (χ2n) is 1.66. The van der Waals surface area contributed by atoms with Crippen molar-refractivity contribution in [3.63, 3.8) is 0 Å². The summed E-state index contributed by atoms with van der Waals surface area (Å²) in [4.78, 5) is 0.802. The fourth-order valence-corrected chi connectivity index (χ4v) is 2.44. The van der Waals surface area contributed by atoms with Crippen LogP contribution in [0.15, 0.2) is 16.3 Å². The van der Waals surface area contributed by atoms with Crippen molar-refractivity contribution in [2.45, 2.75) is 11.1 Å². The molecule has 1 aromatic heterocycles. The van der Waals surface area contributed by atoms with Gasteiger partial charge in [-0.3, -0.25) is 0 Å². The third-order valence-corrected chi connectivity index (χ3v) is 3.08. The van der Waals surface area contributed by atoms with Gasteiger partial charge in [0, 0.05) is 0 Å². The average molecular weight is 169 g/mol. The van der Waals surface area contributed by atoms with Crippen LogP contribution in [0.4, 0.5) is 0 Å². The molecule has 0 amide bonds. The number of nitriles is 1. The Kier molecular flexibility index (Phi) is 2.79. The van der Waals surface area contributed by atoms with Gasteiger partial charge in [-0.1, -0.05) is 6.92 Å². The summed E-state index contributed by atoms with van der Waals surface area (Å²) in [6, 6.07) is 5.97.